The topological polar surface area (TPSA) is 80.3 Å². The van der Waals surface area contributed by atoms with Crippen LogP contribution >= 0.6 is 0 Å². The van der Waals surface area contributed by atoms with E-state index in [2.05, 4.69) is 26.5 Å². The SMILES string of the molecule is CCCc1ccc(C(=O)OOOC(=O)OCCC(C)OC)cc1. The van der Waals surface area contributed by atoms with Crippen LogP contribution in [0.25, 0.3) is 0 Å². The van der Waals surface area contributed by atoms with Crippen molar-refractivity contribution < 1.29 is 33.9 Å². The maximum Gasteiger partial charge on any atom is 0.543 e. The van der Waals surface area contributed by atoms with E-state index in [1.165, 1.54) is 0 Å². The van der Waals surface area contributed by atoms with E-state index >= 15 is 0 Å². The summed E-state index contributed by atoms with van der Waals surface area (Å²) in [6.07, 6.45) is 1.32. The average molecular weight is 326 g/mol. The Morgan fingerprint density at radius 1 is 1.13 bits per heavy atom. The van der Waals surface area contributed by atoms with Gasteiger partial charge in [0.15, 0.2) is 0 Å². The van der Waals surface area contributed by atoms with Crippen LogP contribution in [0.3, 0.4) is 0 Å². The molecule has 0 bridgehead atoms. The highest BCUT2D eigenvalue weighted by molar-refractivity contribution is 5.88. The predicted octanol–water partition coefficient (Wildman–Crippen LogP) is 3.22. The van der Waals surface area contributed by atoms with E-state index in [4.69, 9.17) is 4.74 Å². The molecule has 0 heterocycles. The Balaban J connectivity index is 2.24. The maximum atomic E-state index is 11.6. The second kappa shape index (κ2) is 10.6. The highest BCUT2D eigenvalue weighted by atomic mass is 17.5. The lowest BCUT2D eigenvalue weighted by Crippen LogP contribution is -2.15. The van der Waals surface area contributed by atoms with E-state index < -0.39 is 12.1 Å². The lowest BCUT2D eigenvalue weighted by Gasteiger charge is -2.08. The van der Waals surface area contributed by atoms with Gasteiger partial charge in [-0.1, -0.05) is 25.5 Å². The molecule has 0 radical (unpaired) electrons. The normalized spacial score (nSPS) is 11.6. The minimum Gasteiger partial charge on any atom is -0.432 e. The minimum atomic E-state index is -1.10. The molecule has 0 N–H and O–H groups in total. The summed E-state index contributed by atoms with van der Waals surface area (Å²) in [5.74, 6) is -0.770. The molecule has 0 saturated heterocycles. The second-order valence-electron chi connectivity index (χ2n) is 4.90. The van der Waals surface area contributed by atoms with Crippen LogP contribution in [0.5, 0.6) is 0 Å². The monoisotopic (exact) mass is 326 g/mol. The summed E-state index contributed by atoms with van der Waals surface area (Å²) in [6.45, 7) is 4.01. The standard InChI is InChI=1S/C16H22O7/c1-4-5-13-6-8-14(9-7-13)15(17)21-23-22-16(18)20-11-10-12(2)19-3/h6-9,12H,4-5,10-11H2,1-3H3. The van der Waals surface area contributed by atoms with Gasteiger partial charge in [0.25, 0.3) is 0 Å². The number of carbonyl (C=O) groups excluding carboxylic acids is 2. The van der Waals surface area contributed by atoms with Crippen LogP contribution in [0.4, 0.5) is 4.79 Å². The number of aryl methyl sites for hydroxylation is 1. The van der Waals surface area contributed by atoms with Crippen molar-refractivity contribution in [2.75, 3.05) is 13.7 Å². The first-order valence-corrected chi connectivity index (χ1v) is 7.40. The third-order valence-electron chi connectivity index (χ3n) is 3.09. The third-order valence-corrected chi connectivity index (χ3v) is 3.09. The van der Waals surface area contributed by atoms with E-state index in [0.29, 0.717) is 6.42 Å². The number of carbonyl (C=O) groups is 2. The fraction of sp³-hybridized carbons (Fsp3) is 0.500. The van der Waals surface area contributed by atoms with Gasteiger partial charge in [-0.05, 0) is 31.0 Å². The summed E-state index contributed by atoms with van der Waals surface area (Å²) in [5.41, 5.74) is 1.41. The molecule has 128 valence electrons. The van der Waals surface area contributed by atoms with Gasteiger partial charge in [0.1, 0.15) is 0 Å². The van der Waals surface area contributed by atoms with E-state index in [9.17, 15) is 9.59 Å². The zero-order valence-corrected chi connectivity index (χ0v) is 13.6. The number of rotatable bonds is 9. The van der Waals surface area contributed by atoms with Gasteiger partial charge in [0, 0.05) is 13.5 Å². The molecule has 1 rings (SSSR count). The quantitative estimate of drug-likeness (QED) is 0.391. The van der Waals surface area contributed by atoms with Gasteiger partial charge in [-0.2, -0.15) is 0 Å². The summed E-state index contributed by atoms with van der Waals surface area (Å²) < 4.78 is 9.67. The lowest BCUT2D eigenvalue weighted by molar-refractivity contribution is -0.452. The maximum absolute atomic E-state index is 11.6. The van der Waals surface area contributed by atoms with Crippen LogP contribution in [0.15, 0.2) is 24.3 Å². The molecule has 1 unspecified atom stereocenters. The molecule has 7 nitrogen and oxygen atoms in total. The molecule has 0 aromatic heterocycles. The second-order valence-corrected chi connectivity index (χ2v) is 4.90. The molecule has 0 saturated carbocycles. The smallest absolute Gasteiger partial charge is 0.432 e. The first-order valence-electron chi connectivity index (χ1n) is 7.40. The Hall–Kier alpha value is -2.12. The van der Waals surface area contributed by atoms with Crippen LogP contribution in [0.2, 0.25) is 0 Å². The van der Waals surface area contributed by atoms with Crippen LogP contribution in [0.1, 0.15) is 42.6 Å². The van der Waals surface area contributed by atoms with Crippen molar-refractivity contribution in [3.8, 4) is 0 Å². The Labute approximate surface area is 135 Å². The van der Waals surface area contributed by atoms with Crippen molar-refractivity contribution in [3.05, 3.63) is 35.4 Å². The van der Waals surface area contributed by atoms with Gasteiger partial charge in [-0.15, -0.1) is 0 Å². The number of benzene rings is 1. The molecule has 0 aliphatic heterocycles. The van der Waals surface area contributed by atoms with Crippen LogP contribution in [0, 0.1) is 0 Å². The average Bonchev–Trinajstić information content (AvgIpc) is 2.55. The zero-order valence-electron chi connectivity index (χ0n) is 13.6. The van der Waals surface area contributed by atoms with Gasteiger partial charge in [0.2, 0.25) is 0 Å². The molecule has 0 amide bonds. The summed E-state index contributed by atoms with van der Waals surface area (Å²) >= 11 is 0. The Bertz CT molecular complexity index is 484. The van der Waals surface area contributed by atoms with Crippen molar-refractivity contribution in [1.29, 1.82) is 0 Å². The molecule has 23 heavy (non-hydrogen) atoms. The largest absolute Gasteiger partial charge is 0.543 e. The van der Waals surface area contributed by atoms with E-state index in [-0.39, 0.29) is 18.3 Å². The molecule has 0 aliphatic rings. The van der Waals surface area contributed by atoms with Gasteiger partial charge in [-0.3, -0.25) is 4.89 Å². The number of hydrogen-bond acceptors (Lipinski definition) is 7. The van der Waals surface area contributed by atoms with Gasteiger partial charge < -0.3 is 9.47 Å². The highest BCUT2D eigenvalue weighted by Crippen LogP contribution is 2.08. The van der Waals surface area contributed by atoms with Crippen LogP contribution in [-0.4, -0.2) is 31.9 Å². The first-order chi connectivity index (χ1) is 11.1. The summed E-state index contributed by atoms with van der Waals surface area (Å²) in [6, 6.07) is 6.88. The van der Waals surface area contributed by atoms with Gasteiger partial charge >= 0.3 is 12.1 Å². The molecule has 7 heteroatoms. The van der Waals surface area contributed by atoms with Gasteiger partial charge in [-0.25, -0.2) is 14.5 Å². The van der Waals surface area contributed by atoms with Crippen molar-refractivity contribution in [1.82, 2.24) is 0 Å². The number of methoxy groups -OCH3 is 1. The van der Waals surface area contributed by atoms with Crippen molar-refractivity contribution in [2.45, 2.75) is 39.2 Å². The van der Waals surface area contributed by atoms with Gasteiger partial charge in [0.05, 0.1) is 23.3 Å². The molecule has 1 aromatic carbocycles. The fourth-order valence-electron chi connectivity index (χ4n) is 1.67. The fourth-order valence-corrected chi connectivity index (χ4v) is 1.67. The van der Waals surface area contributed by atoms with Crippen LogP contribution in [-0.2, 0) is 30.7 Å². The molecule has 0 fully saturated rings. The van der Waals surface area contributed by atoms with Crippen molar-refractivity contribution >= 4 is 12.1 Å². The Morgan fingerprint density at radius 2 is 1.83 bits per heavy atom. The number of hydrogen-bond donors (Lipinski definition) is 0. The Morgan fingerprint density at radius 3 is 2.43 bits per heavy atom. The molecule has 1 aromatic rings. The van der Waals surface area contributed by atoms with Crippen molar-refractivity contribution in [3.63, 3.8) is 0 Å². The van der Waals surface area contributed by atoms with E-state index in [1.54, 1.807) is 19.2 Å². The third kappa shape index (κ3) is 7.62. The molecule has 1 atom stereocenters. The summed E-state index contributed by atoms with van der Waals surface area (Å²) in [4.78, 5) is 31.3. The minimum absolute atomic E-state index is 0.0442. The zero-order chi connectivity index (χ0) is 17.1. The van der Waals surface area contributed by atoms with E-state index in [0.717, 1.165) is 18.4 Å². The molecule has 0 spiro atoms. The molecular formula is C16H22O7. The summed E-state index contributed by atoms with van der Waals surface area (Å²) in [7, 11) is 1.56. The first kappa shape index (κ1) is 18.9. The molecule has 0 aliphatic carbocycles. The lowest BCUT2D eigenvalue weighted by atomic mass is 10.1. The number of ether oxygens (including phenoxy) is 2. The van der Waals surface area contributed by atoms with Crippen LogP contribution < -0.4 is 0 Å². The predicted molar refractivity (Wildman–Crippen MR) is 80.5 cm³/mol. The van der Waals surface area contributed by atoms with Crippen molar-refractivity contribution in [2.24, 2.45) is 0 Å². The Kier molecular flexibility index (Phi) is 8.71. The summed E-state index contributed by atoms with van der Waals surface area (Å²) in [5, 5.41) is 4.12. The van der Waals surface area contributed by atoms with E-state index in [1.807, 2.05) is 19.1 Å². The highest BCUT2D eigenvalue weighted by Gasteiger charge is 2.12. The molecular weight excluding hydrogens is 304 g/mol.